The predicted octanol–water partition coefficient (Wildman–Crippen LogP) is 2.93. The number of anilines is 3. The third-order valence-corrected chi connectivity index (χ3v) is 4.55. The Bertz CT molecular complexity index is 949. The van der Waals surface area contributed by atoms with Crippen LogP contribution in [0.3, 0.4) is 0 Å². The number of carbonyl (C=O) groups excluding carboxylic acids is 2. The van der Waals surface area contributed by atoms with Crippen LogP contribution in [0.4, 0.5) is 27.1 Å². The molecule has 28 heavy (non-hydrogen) atoms. The largest absolute Gasteiger partial charge is 0.360 e. The lowest BCUT2D eigenvalue weighted by molar-refractivity contribution is -0.384. The summed E-state index contributed by atoms with van der Waals surface area (Å²) in [5.41, 5.74) is 0.777. The molecule has 1 atom stereocenters. The molecule has 8 nitrogen and oxygen atoms in total. The van der Waals surface area contributed by atoms with Crippen LogP contribution in [0.25, 0.3) is 0 Å². The molecule has 0 saturated carbocycles. The molecular formula is C19H19FN4O4. The van der Waals surface area contributed by atoms with Crippen molar-refractivity contribution >= 4 is 34.6 Å². The minimum Gasteiger partial charge on any atom is -0.360 e. The Morgan fingerprint density at radius 1 is 1.36 bits per heavy atom. The normalized spacial score (nSPS) is 16.0. The number of nitrogens with zero attached hydrogens (tertiary/aromatic N) is 3. The molecule has 1 unspecified atom stereocenters. The molecule has 3 rings (SSSR count). The van der Waals surface area contributed by atoms with Crippen molar-refractivity contribution in [1.82, 2.24) is 0 Å². The molecule has 2 aromatic rings. The van der Waals surface area contributed by atoms with E-state index in [0.29, 0.717) is 11.4 Å². The van der Waals surface area contributed by atoms with Crippen molar-refractivity contribution in [2.24, 2.45) is 0 Å². The Kier molecular flexibility index (Phi) is 5.25. The number of rotatable bonds is 4. The van der Waals surface area contributed by atoms with Gasteiger partial charge >= 0.3 is 0 Å². The van der Waals surface area contributed by atoms with Crippen molar-refractivity contribution < 1.29 is 18.9 Å². The number of nitro groups is 1. The van der Waals surface area contributed by atoms with E-state index >= 15 is 0 Å². The first kappa shape index (κ1) is 19.3. The van der Waals surface area contributed by atoms with E-state index in [1.807, 2.05) is 0 Å². The summed E-state index contributed by atoms with van der Waals surface area (Å²) in [4.78, 5) is 38.6. The molecule has 1 aliphatic heterocycles. The van der Waals surface area contributed by atoms with E-state index in [0.717, 1.165) is 18.2 Å². The Morgan fingerprint density at radius 2 is 2.07 bits per heavy atom. The van der Waals surface area contributed by atoms with Gasteiger partial charge in [0.05, 0.1) is 22.8 Å². The van der Waals surface area contributed by atoms with E-state index in [4.69, 9.17) is 0 Å². The molecule has 1 N–H and O–H groups in total. The number of nitro benzene ring substituents is 1. The van der Waals surface area contributed by atoms with Crippen molar-refractivity contribution in [2.45, 2.75) is 19.4 Å². The van der Waals surface area contributed by atoms with Gasteiger partial charge in [0.25, 0.3) is 5.69 Å². The van der Waals surface area contributed by atoms with Gasteiger partial charge in [-0.15, -0.1) is 0 Å². The van der Waals surface area contributed by atoms with Crippen LogP contribution in [0.2, 0.25) is 0 Å². The number of para-hydroxylation sites is 2. The maximum Gasteiger partial charge on any atom is 0.292 e. The van der Waals surface area contributed by atoms with Gasteiger partial charge in [0, 0.05) is 31.6 Å². The standard InChI is InChI=1S/C19H19FN4O4/c1-12-9-18(25)21-14-5-3-4-6-15(14)23(12)19(26)11-22(2)17-10-13(20)7-8-16(17)24(27)28/h3-8,10,12H,9,11H2,1-2H3,(H,21,25). The molecule has 0 aliphatic carbocycles. The molecule has 0 fully saturated rings. The van der Waals surface area contributed by atoms with E-state index in [2.05, 4.69) is 5.32 Å². The van der Waals surface area contributed by atoms with Crippen LogP contribution in [0.15, 0.2) is 42.5 Å². The number of hydrogen-bond acceptors (Lipinski definition) is 5. The minimum absolute atomic E-state index is 0.00307. The zero-order valence-electron chi connectivity index (χ0n) is 15.4. The van der Waals surface area contributed by atoms with Gasteiger partial charge < -0.3 is 15.1 Å². The smallest absolute Gasteiger partial charge is 0.292 e. The Morgan fingerprint density at radius 3 is 2.79 bits per heavy atom. The van der Waals surface area contributed by atoms with Crippen LogP contribution in [-0.4, -0.2) is 36.4 Å². The fourth-order valence-corrected chi connectivity index (χ4v) is 3.29. The molecule has 1 heterocycles. The second-order valence-corrected chi connectivity index (χ2v) is 6.63. The Balaban J connectivity index is 1.91. The van der Waals surface area contributed by atoms with Crippen molar-refractivity contribution in [3.05, 3.63) is 58.4 Å². The lowest BCUT2D eigenvalue weighted by Crippen LogP contribution is -2.44. The first-order chi connectivity index (χ1) is 13.3. The highest BCUT2D eigenvalue weighted by molar-refractivity contribution is 6.05. The van der Waals surface area contributed by atoms with E-state index < -0.39 is 16.8 Å². The fourth-order valence-electron chi connectivity index (χ4n) is 3.29. The minimum atomic E-state index is -0.636. The fraction of sp³-hybridized carbons (Fsp3) is 0.263. The van der Waals surface area contributed by atoms with E-state index in [9.17, 15) is 24.1 Å². The second kappa shape index (κ2) is 7.63. The predicted molar refractivity (Wildman–Crippen MR) is 103 cm³/mol. The maximum atomic E-state index is 13.6. The summed E-state index contributed by atoms with van der Waals surface area (Å²) in [6.45, 7) is 1.53. The Labute approximate surface area is 160 Å². The van der Waals surface area contributed by atoms with Crippen LogP contribution in [0.1, 0.15) is 13.3 Å². The summed E-state index contributed by atoms with van der Waals surface area (Å²) in [6.07, 6.45) is 0.115. The molecule has 0 spiro atoms. The average molecular weight is 386 g/mol. The van der Waals surface area contributed by atoms with Crippen LogP contribution in [0.5, 0.6) is 0 Å². The summed E-state index contributed by atoms with van der Waals surface area (Å²) < 4.78 is 13.6. The molecule has 0 bridgehead atoms. The summed E-state index contributed by atoms with van der Waals surface area (Å²) >= 11 is 0. The van der Waals surface area contributed by atoms with Gasteiger partial charge in [-0.25, -0.2) is 4.39 Å². The average Bonchev–Trinajstić information content (AvgIpc) is 2.75. The van der Waals surface area contributed by atoms with Gasteiger partial charge in [0.1, 0.15) is 11.5 Å². The van der Waals surface area contributed by atoms with Crippen LogP contribution in [0, 0.1) is 15.9 Å². The molecule has 9 heteroatoms. The van der Waals surface area contributed by atoms with Crippen molar-refractivity contribution in [3.8, 4) is 0 Å². The number of likely N-dealkylation sites (N-methyl/N-ethyl adjacent to an activating group) is 1. The monoisotopic (exact) mass is 386 g/mol. The summed E-state index contributed by atoms with van der Waals surface area (Å²) in [5.74, 6) is -1.20. The highest BCUT2D eigenvalue weighted by Crippen LogP contribution is 2.32. The molecule has 0 saturated heterocycles. The topological polar surface area (TPSA) is 95.8 Å². The van der Waals surface area contributed by atoms with Gasteiger partial charge in [-0.05, 0) is 25.1 Å². The third-order valence-electron chi connectivity index (χ3n) is 4.55. The van der Waals surface area contributed by atoms with Crippen molar-refractivity contribution in [1.29, 1.82) is 0 Å². The van der Waals surface area contributed by atoms with Crippen molar-refractivity contribution in [2.75, 3.05) is 28.7 Å². The number of carbonyl (C=O) groups is 2. The van der Waals surface area contributed by atoms with E-state index in [1.165, 1.54) is 16.8 Å². The van der Waals surface area contributed by atoms with Crippen LogP contribution in [-0.2, 0) is 9.59 Å². The molecular weight excluding hydrogens is 367 g/mol. The van der Waals surface area contributed by atoms with Gasteiger partial charge in [-0.2, -0.15) is 0 Å². The van der Waals surface area contributed by atoms with Gasteiger partial charge in [0.2, 0.25) is 11.8 Å². The lowest BCUT2D eigenvalue weighted by Gasteiger charge is -2.30. The molecule has 2 aromatic carbocycles. The molecule has 0 radical (unpaired) electrons. The van der Waals surface area contributed by atoms with Crippen LogP contribution >= 0.6 is 0 Å². The van der Waals surface area contributed by atoms with Gasteiger partial charge in [-0.3, -0.25) is 19.7 Å². The zero-order chi connectivity index (χ0) is 20.4. The zero-order valence-corrected chi connectivity index (χ0v) is 15.4. The van der Waals surface area contributed by atoms with E-state index in [1.54, 1.807) is 31.2 Å². The third kappa shape index (κ3) is 3.78. The highest BCUT2D eigenvalue weighted by atomic mass is 19.1. The van der Waals surface area contributed by atoms with E-state index in [-0.39, 0.29) is 36.2 Å². The number of amides is 2. The van der Waals surface area contributed by atoms with Gasteiger partial charge in [0.15, 0.2) is 0 Å². The summed E-state index contributed by atoms with van der Waals surface area (Å²) in [7, 11) is 1.48. The molecule has 0 aromatic heterocycles. The highest BCUT2D eigenvalue weighted by Gasteiger charge is 2.30. The van der Waals surface area contributed by atoms with Crippen LogP contribution < -0.4 is 15.1 Å². The summed E-state index contributed by atoms with van der Waals surface area (Å²) in [5, 5.41) is 14.0. The number of nitrogens with one attached hydrogen (secondary N) is 1. The van der Waals surface area contributed by atoms with Gasteiger partial charge in [-0.1, -0.05) is 12.1 Å². The molecule has 1 aliphatic rings. The van der Waals surface area contributed by atoms with Crippen molar-refractivity contribution in [3.63, 3.8) is 0 Å². The Hall–Kier alpha value is -3.49. The first-order valence-corrected chi connectivity index (χ1v) is 8.64. The SMILES string of the molecule is CC1CC(=O)Nc2ccccc2N1C(=O)CN(C)c1cc(F)ccc1[N+](=O)[O-]. The second-order valence-electron chi connectivity index (χ2n) is 6.63. The number of benzene rings is 2. The molecule has 146 valence electrons. The molecule has 2 amide bonds. The number of fused-ring (bicyclic) bond motifs is 1. The maximum absolute atomic E-state index is 13.6. The summed E-state index contributed by atoms with van der Waals surface area (Å²) in [6, 6.07) is 9.61. The first-order valence-electron chi connectivity index (χ1n) is 8.64. The quantitative estimate of drug-likeness (QED) is 0.644. The lowest BCUT2D eigenvalue weighted by atomic mass is 10.1. The number of halogens is 1. The number of hydrogen-bond donors (Lipinski definition) is 1.